The van der Waals surface area contributed by atoms with Gasteiger partial charge >= 0.3 is 6.01 Å². The molecule has 2 aromatic heterocycles. The van der Waals surface area contributed by atoms with Crippen LogP contribution in [0.2, 0.25) is 0 Å². The summed E-state index contributed by atoms with van der Waals surface area (Å²) < 4.78 is 37.9. The van der Waals surface area contributed by atoms with Crippen LogP contribution in [0.15, 0.2) is 30.5 Å². The molecule has 2 atom stereocenters. The Bertz CT molecular complexity index is 1760. The molecule has 4 aliphatic rings. The smallest absolute Gasteiger partial charge is 0.318 e. The number of ether oxygens (including phenoxy) is 1. The van der Waals surface area contributed by atoms with Gasteiger partial charge in [-0.2, -0.15) is 9.97 Å². The monoisotopic (exact) mass is 616 g/mol. The summed E-state index contributed by atoms with van der Waals surface area (Å²) >= 11 is 0. The molecule has 4 aromatic rings. The van der Waals surface area contributed by atoms with Gasteiger partial charge in [-0.25, -0.2) is 13.5 Å². The largest absolute Gasteiger partial charge is 0.508 e. The van der Waals surface area contributed by atoms with Crippen LogP contribution >= 0.6 is 0 Å². The van der Waals surface area contributed by atoms with Gasteiger partial charge in [0.05, 0.1) is 36.2 Å². The number of aryl methyl sites for hydroxylation is 2. The highest BCUT2D eigenvalue weighted by atomic mass is 19.1. The van der Waals surface area contributed by atoms with E-state index in [1.165, 1.54) is 6.07 Å². The summed E-state index contributed by atoms with van der Waals surface area (Å²) in [5, 5.41) is 20.7. The summed E-state index contributed by atoms with van der Waals surface area (Å²) in [5.41, 5.74) is 4.06. The molecule has 0 spiro atoms. The fourth-order valence-corrected chi connectivity index (χ4v) is 8.10. The zero-order valence-electron chi connectivity index (χ0n) is 25.6. The highest BCUT2D eigenvalue weighted by molar-refractivity contribution is 5.98. The Morgan fingerprint density at radius 2 is 1.98 bits per heavy atom. The minimum Gasteiger partial charge on any atom is -0.508 e. The Hall–Kier alpha value is -4.06. The number of aromatic nitrogens is 5. The number of benzene rings is 2. The van der Waals surface area contributed by atoms with E-state index in [0.29, 0.717) is 63.6 Å². The molecule has 1 N–H and O–H groups in total. The number of aromatic hydroxyl groups is 1. The van der Waals surface area contributed by atoms with Crippen LogP contribution in [0.25, 0.3) is 10.8 Å². The predicted octanol–water partition coefficient (Wildman–Crippen LogP) is 4.56. The van der Waals surface area contributed by atoms with Crippen LogP contribution in [0.1, 0.15) is 55.1 Å². The molecular weight excluding hydrogens is 578 g/mol. The average molecular weight is 617 g/mol. The lowest BCUT2D eigenvalue weighted by molar-refractivity contribution is 0.107. The molecule has 8 rings (SSSR count). The summed E-state index contributed by atoms with van der Waals surface area (Å²) in [7, 11) is 0. The van der Waals surface area contributed by atoms with Crippen molar-refractivity contribution in [1.82, 2.24) is 29.9 Å². The third-order valence-corrected chi connectivity index (χ3v) is 10.2. The first-order valence-corrected chi connectivity index (χ1v) is 16.1. The van der Waals surface area contributed by atoms with Crippen molar-refractivity contribution in [3.8, 4) is 11.8 Å². The highest BCUT2D eigenvalue weighted by Gasteiger charge is 2.49. The van der Waals surface area contributed by atoms with E-state index in [0.717, 1.165) is 78.1 Å². The van der Waals surface area contributed by atoms with E-state index in [1.807, 2.05) is 17.8 Å². The van der Waals surface area contributed by atoms with Crippen LogP contribution in [-0.4, -0.2) is 79.5 Å². The van der Waals surface area contributed by atoms with Crippen molar-refractivity contribution in [3.05, 3.63) is 58.8 Å². The predicted molar refractivity (Wildman–Crippen MR) is 166 cm³/mol. The van der Waals surface area contributed by atoms with E-state index in [1.54, 1.807) is 18.2 Å². The number of alkyl halides is 1. The molecule has 0 aliphatic carbocycles. The lowest BCUT2D eigenvalue weighted by Crippen LogP contribution is -2.43. The molecule has 10 nitrogen and oxygen atoms in total. The second kappa shape index (κ2) is 11.1. The molecule has 2 saturated heterocycles. The summed E-state index contributed by atoms with van der Waals surface area (Å²) in [6.45, 7) is 6.98. The van der Waals surface area contributed by atoms with Crippen LogP contribution in [0.4, 0.5) is 20.3 Å². The topological polar surface area (TPSA) is 95.7 Å². The third kappa shape index (κ3) is 4.93. The van der Waals surface area contributed by atoms with Gasteiger partial charge in [0.25, 0.3) is 0 Å². The van der Waals surface area contributed by atoms with E-state index in [9.17, 15) is 9.50 Å². The average Bonchev–Trinajstić information content (AvgIpc) is 3.68. The number of nitrogens with zero attached hydrogens (tertiary/aromatic N) is 8. The molecular formula is C33H38F2N8O2. The summed E-state index contributed by atoms with van der Waals surface area (Å²) in [6, 6.07) is 6.92. The maximum Gasteiger partial charge on any atom is 0.318 e. The molecule has 12 heteroatoms. The van der Waals surface area contributed by atoms with Gasteiger partial charge in [-0.3, -0.25) is 4.90 Å². The summed E-state index contributed by atoms with van der Waals surface area (Å²) in [5.74, 6) is 0.746. The number of hydrogen-bond acceptors (Lipinski definition) is 9. The molecule has 0 radical (unpaired) electrons. The molecule has 0 bridgehead atoms. The van der Waals surface area contributed by atoms with Crippen molar-refractivity contribution in [1.29, 1.82) is 0 Å². The van der Waals surface area contributed by atoms with Gasteiger partial charge in [-0.15, -0.1) is 5.10 Å². The minimum absolute atomic E-state index is 0.141. The molecule has 6 heterocycles. The molecule has 0 amide bonds. The number of fused-ring (bicyclic) bond motifs is 4. The van der Waals surface area contributed by atoms with Crippen molar-refractivity contribution < 1.29 is 18.6 Å². The number of hydrogen-bond donors (Lipinski definition) is 1. The van der Waals surface area contributed by atoms with Gasteiger partial charge in [0.15, 0.2) is 0 Å². The number of rotatable bonds is 6. The van der Waals surface area contributed by atoms with E-state index < -0.39 is 6.17 Å². The van der Waals surface area contributed by atoms with Crippen molar-refractivity contribution in [2.24, 2.45) is 0 Å². The lowest BCUT2D eigenvalue weighted by Gasteiger charge is -2.35. The Balaban J connectivity index is 1.18. The molecule has 2 fully saturated rings. The molecule has 2 aromatic carbocycles. The number of anilines is 2. The van der Waals surface area contributed by atoms with E-state index >= 15 is 4.39 Å². The number of phenolic OH excluding ortho intramolecular Hbond substituents is 1. The standard InChI is InChI=1S/C33H38F2N8O2/c1-2-25-27(35)6-5-21-13-24(44)14-29(30(21)25)40-12-7-26-28(19-40)37-32(45-20-33-8-3-10-42(33)17-22(34)15-33)38-31(26)41-9-4-11-43-23(18-41)16-36-39-43/h5-6,13-14,16,22,44H,2-4,7-12,15,17-20H2,1H3/t22-,33+/m1/s1. The van der Waals surface area contributed by atoms with E-state index in [4.69, 9.17) is 14.7 Å². The first-order valence-electron chi connectivity index (χ1n) is 16.1. The van der Waals surface area contributed by atoms with Gasteiger partial charge < -0.3 is 19.6 Å². The lowest BCUT2D eigenvalue weighted by atomic mass is 9.95. The third-order valence-electron chi connectivity index (χ3n) is 10.2. The number of phenols is 1. The Labute approximate surface area is 260 Å². The van der Waals surface area contributed by atoms with Crippen molar-refractivity contribution in [2.45, 2.75) is 76.8 Å². The summed E-state index contributed by atoms with van der Waals surface area (Å²) in [4.78, 5) is 16.7. The van der Waals surface area contributed by atoms with Crippen LogP contribution < -0.4 is 14.5 Å². The second-order valence-electron chi connectivity index (χ2n) is 13.0. The normalized spacial score (nSPS) is 23.2. The molecule has 4 aliphatic heterocycles. The van der Waals surface area contributed by atoms with Crippen LogP contribution in [0.3, 0.4) is 0 Å². The SMILES string of the molecule is CCc1c(F)ccc2cc(O)cc(N3CCc4c(nc(OC[C@@]56CCCN5C[C@H](F)C6)nc4N4CCCn5nncc5C4)C3)c12. The van der Waals surface area contributed by atoms with E-state index in [2.05, 4.69) is 25.0 Å². The van der Waals surface area contributed by atoms with Gasteiger partial charge in [-0.1, -0.05) is 18.2 Å². The maximum absolute atomic E-state index is 15.0. The van der Waals surface area contributed by atoms with Crippen molar-refractivity contribution in [2.75, 3.05) is 42.6 Å². The molecule has 45 heavy (non-hydrogen) atoms. The second-order valence-corrected chi connectivity index (χ2v) is 13.0. The zero-order valence-corrected chi connectivity index (χ0v) is 25.6. The minimum atomic E-state index is -0.840. The van der Waals surface area contributed by atoms with Crippen molar-refractivity contribution >= 4 is 22.3 Å². The summed E-state index contributed by atoms with van der Waals surface area (Å²) in [6.07, 6.45) is 5.49. The van der Waals surface area contributed by atoms with Crippen LogP contribution in [0, 0.1) is 5.82 Å². The molecule has 0 unspecified atom stereocenters. The zero-order chi connectivity index (χ0) is 30.7. The highest BCUT2D eigenvalue weighted by Crippen LogP contribution is 2.42. The van der Waals surface area contributed by atoms with Gasteiger partial charge in [-0.05, 0) is 61.7 Å². The Kier molecular flexibility index (Phi) is 7.00. The first-order chi connectivity index (χ1) is 21.9. The Morgan fingerprint density at radius 3 is 2.87 bits per heavy atom. The number of halogens is 2. The maximum atomic E-state index is 15.0. The fourth-order valence-electron chi connectivity index (χ4n) is 8.10. The van der Waals surface area contributed by atoms with Crippen LogP contribution in [0.5, 0.6) is 11.8 Å². The Morgan fingerprint density at radius 1 is 1.07 bits per heavy atom. The van der Waals surface area contributed by atoms with Crippen molar-refractivity contribution in [3.63, 3.8) is 0 Å². The first kappa shape index (κ1) is 28.4. The van der Waals surface area contributed by atoms with E-state index in [-0.39, 0.29) is 17.1 Å². The van der Waals surface area contributed by atoms with Gasteiger partial charge in [0, 0.05) is 55.3 Å². The fraction of sp³-hybridized carbons (Fsp3) is 0.515. The molecule has 236 valence electrons. The van der Waals surface area contributed by atoms with Gasteiger partial charge in [0.2, 0.25) is 0 Å². The van der Waals surface area contributed by atoms with Crippen LogP contribution in [-0.2, 0) is 32.5 Å². The quantitative estimate of drug-likeness (QED) is 0.335. The van der Waals surface area contributed by atoms with Gasteiger partial charge in [0.1, 0.15) is 30.2 Å². The molecule has 0 saturated carbocycles.